The fourth-order valence-electron chi connectivity index (χ4n) is 5.97. The van der Waals surface area contributed by atoms with Crippen molar-refractivity contribution in [3.8, 4) is 22.9 Å². The summed E-state index contributed by atoms with van der Waals surface area (Å²) in [6, 6.07) is 5.09. The van der Waals surface area contributed by atoms with Gasteiger partial charge in [0.15, 0.2) is 22.9 Å². The van der Waals surface area contributed by atoms with E-state index in [0.717, 1.165) is 16.9 Å². The number of carboxylic acids is 1. The molecule has 2 atom stereocenters. The third-order valence-electron chi connectivity index (χ3n) is 8.11. The predicted octanol–water partition coefficient (Wildman–Crippen LogP) is 6.92. The minimum Gasteiger partial charge on any atom is -0.481 e. The quantitative estimate of drug-likeness (QED) is 0.222. The zero-order valence-corrected chi connectivity index (χ0v) is 23.2. The molecule has 6 rings (SSSR count). The number of rotatable bonds is 7. The number of halogens is 6. The first-order chi connectivity index (χ1) is 20.8. The van der Waals surface area contributed by atoms with Gasteiger partial charge in [-0.1, -0.05) is 6.07 Å². The molecule has 2 aliphatic carbocycles. The molecule has 1 fully saturated rings. The van der Waals surface area contributed by atoms with E-state index in [-0.39, 0.29) is 41.0 Å². The molecule has 3 heterocycles. The number of hydrogen-bond donors (Lipinski definition) is 1. The van der Waals surface area contributed by atoms with Crippen molar-refractivity contribution in [2.24, 2.45) is 5.92 Å². The van der Waals surface area contributed by atoms with Gasteiger partial charge in [-0.15, -0.1) is 8.78 Å². The SMILES string of the molecule is C[C@H](Oc1cc(-n2nc(C(F)(F)F)c3c2[C@H](O[C@H]2CC[C@H](C(=O)O)CC2)CCC3)cnc1F)c1ccc2c(c1)OC(F)(F)O2. The minimum absolute atomic E-state index is 0.00392. The molecule has 15 heteroatoms. The van der Waals surface area contributed by atoms with Crippen LogP contribution in [0.1, 0.15) is 80.2 Å². The lowest BCUT2D eigenvalue weighted by molar-refractivity contribution is -0.286. The van der Waals surface area contributed by atoms with E-state index in [9.17, 15) is 36.2 Å². The summed E-state index contributed by atoms with van der Waals surface area (Å²) in [7, 11) is 0. The molecule has 1 aliphatic heterocycles. The van der Waals surface area contributed by atoms with E-state index in [1.54, 1.807) is 0 Å². The minimum atomic E-state index is -4.77. The van der Waals surface area contributed by atoms with E-state index in [2.05, 4.69) is 19.6 Å². The normalized spacial score (nSPS) is 23.2. The maximum Gasteiger partial charge on any atom is 0.586 e. The van der Waals surface area contributed by atoms with Gasteiger partial charge in [-0.05, 0) is 69.6 Å². The number of fused-ring (bicyclic) bond motifs is 2. The van der Waals surface area contributed by atoms with Crippen LogP contribution >= 0.6 is 0 Å². The molecule has 3 aromatic rings. The average Bonchev–Trinajstić information content (AvgIpc) is 3.51. The van der Waals surface area contributed by atoms with Crippen molar-refractivity contribution in [2.75, 3.05) is 0 Å². The maximum absolute atomic E-state index is 14.8. The Morgan fingerprint density at radius 3 is 2.55 bits per heavy atom. The number of nitrogens with zero attached hydrogens (tertiary/aromatic N) is 3. The molecular formula is C29H27F6N3O6. The first kappa shape index (κ1) is 30.0. The van der Waals surface area contributed by atoms with E-state index in [1.807, 2.05) is 0 Å². The molecule has 0 spiro atoms. The Hall–Kier alpha value is -4.01. The molecular weight excluding hydrogens is 600 g/mol. The molecule has 2 aromatic heterocycles. The molecule has 0 saturated heterocycles. The van der Waals surface area contributed by atoms with E-state index >= 15 is 0 Å². The van der Waals surface area contributed by atoms with Crippen LogP contribution in [0, 0.1) is 11.9 Å². The van der Waals surface area contributed by atoms with Gasteiger partial charge < -0.3 is 24.1 Å². The molecule has 0 unspecified atom stereocenters. The molecule has 0 radical (unpaired) electrons. The second kappa shape index (κ2) is 11.2. The summed E-state index contributed by atoms with van der Waals surface area (Å²) in [6.45, 7) is 1.52. The molecule has 9 nitrogen and oxygen atoms in total. The number of hydrogen-bond acceptors (Lipinski definition) is 7. The van der Waals surface area contributed by atoms with Crippen LogP contribution in [0.15, 0.2) is 30.5 Å². The van der Waals surface area contributed by atoms with E-state index < -0.39 is 54.0 Å². The fourth-order valence-corrected chi connectivity index (χ4v) is 5.97. The van der Waals surface area contributed by atoms with Crippen LogP contribution in [0.25, 0.3) is 5.69 Å². The Morgan fingerprint density at radius 2 is 1.84 bits per heavy atom. The number of carboxylic acid groups (broad SMARTS) is 1. The van der Waals surface area contributed by atoms with Crippen LogP contribution < -0.4 is 14.2 Å². The van der Waals surface area contributed by atoms with Crippen LogP contribution in [-0.4, -0.2) is 38.2 Å². The molecule has 1 N–H and O–H groups in total. The van der Waals surface area contributed by atoms with Gasteiger partial charge in [0.05, 0.1) is 29.6 Å². The van der Waals surface area contributed by atoms with Gasteiger partial charge in [-0.25, -0.2) is 9.67 Å². The zero-order chi connectivity index (χ0) is 31.4. The molecule has 0 amide bonds. The predicted molar refractivity (Wildman–Crippen MR) is 138 cm³/mol. The summed E-state index contributed by atoms with van der Waals surface area (Å²) in [5.41, 5.74) is -0.599. The van der Waals surface area contributed by atoms with Gasteiger partial charge in [-0.2, -0.15) is 22.7 Å². The lowest BCUT2D eigenvalue weighted by atomic mass is 9.87. The number of pyridine rings is 1. The third-order valence-corrected chi connectivity index (χ3v) is 8.11. The Kier molecular flexibility index (Phi) is 7.62. The standard InChI is InChI=1S/C29H27F6N3O6/c1-14(16-7-10-20-22(11-16)44-29(34,35)43-20)41-23-12-17(13-36-26(23)30)38-24-19(25(37-38)28(31,32)33)3-2-4-21(24)42-18-8-5-15(6-9-18)27(39)40/h7,10-15,18,21H,2-6,8-9H2,1H3,(H,39,40)/t14-,15-,18-,21+/m0/s1. The summed E-state index contributed by atoms with van der Waals surface area (Å²) in [4.78, 5) is 15.0. The summed E-state index contributed by atoms with van der Waals surface area (Å²) in [5.74, 6) is -3.24. The molecule has 0 bridgehead atoms. The van der Waals surface area contributed by atoms with Gasteiger partial charge in [0, 0.05) is 11.6 Å². The Balaban J connectivity index is 1.30. The van der Waals surface area contributed by atoms with E-state index in [0.29, 0.717) is 44.1 Å². The van der Waals surface area contributed by atoms with Crippen LogP contribution in [0.5, 0.6) is 17.2 Å². The second-order valence-corrected chi connectivity index (χ2v) is 11.1. The van der Waals surface area contributed by atoms with Crippen molar-refractivity contribution < 1.29 is 55.2 Å². The smallest absolute Gasteiger partial charge is 0.481 e. The van der Waals surface area contributed by atoms with E-state index in [4.69, 9.17) is 9.47 Å². The molecule has 44 heavy (non-hydrogen) atoms. The number of alkyl halides is 5. The van der Waals surface area contributed by atoms with Crippen molar-refractivity contribution in [3.05, 3.63) is 58.9 Å². The van der Waals surface area contributed by atoms with Crippen molar-refractivity contribution in [1.82, 2.24) is 14.8 Å². The molecule has 1 aromatic carbocycles. The van der Waals surface area contributed by atoms with Gasteiger partial charge in [-0.3, -0.25) is 4.79 Å². The first-order valence-electron chi connectivity index (χ1n) is 14.1. The van der Waals surface area contributed by atoms with Crippen LogP contribution in [0.4, 0.5) is 26.3 Å². The summed E-state index contributed by atoms with van der Waals surface area (Å²) >= 11 is 0. The number of aliphatic carboxylic acids is 1. The van der Waals surface area contributed by atoms with Gasteiger partial charge >= 0.3 is 18.4 Å². The van der Waals surface area contributed by atoms with Crippen molar-refractivity contribution >= 4 is 5.97 Å². The Bertz CT molecular complexity index is 1570. The highest BCUT2D eigenvalue weighted by Crippen LogP contribution is 2.44. The zero-order valence-electron chi connectivity index (χ0n) is 23.2. The number of carbonyl (C=O) groups is 1. The number of ether oxygens (including phenoxy) is 4. The lowest BCUT2D eigenvalue weighted by Crippen LogP contribution is -2.29. The second-order valence-electron chi connectivity index (χ2n) is 11.1. The fraction of sp³-hybridized carbons (Fsp3) is 0.483. The molecule has 3 aliphatic rings. The highest BCUT2D eigenvalue weighted by Gasteiger charge is 2.44. The summed E-state index contributed by atoms with van der Waals surface area (Å²) in [6.07, 6.45) is -6.94. The molecule has 1 saturated carbocycles. The van der Waals surface area contributed by atoms with Crippen molar-refractivity contribution in [2.45, 2.75) is 82.7 Å². The molecule has 236 valence electrons. The topological polar surface area (TPSA) is 105 Å². The van der Waals surface area contributed by atoms with Crippen molar-refractivity contribution in [3.63, 3.8) is 0 Å². The number of benzene rings is 1. The Labute approximate surface area is 246 Å². The van der Waals surface area contributed by atoms with Crippen LogP contribution in [-0.2, 0) is 22.1 Å². The van der Waals surface area contributed by atoms with Crippen molar-refractivity contribution in [1.29, 1.82) is 0 Å². The Morgan fingerprint density at radius 1 is 1.11 bits per heavy atom. The third kappa shape index (κ3) is 5.88. The first-order valence-corrected chi connectivity index (χ1v) is 14.1. The number of aromatic nitrogens is 3. The van der Waals surface area contributed by atoms with Gasteiger partial charge in [0.2, 0.25) is 0 Å². The summed E-state index contributed by atoms with van der Waals surface area (Å²) < 4.78 is 106. The monoisotopic (exact) mass is 627 g/mol. The summed E-state index contributed by atoms with van der Waals surface area (Å²) in [5, 5.41) is 13.2. The maximum atomic E-state index is 14.8. The lowest BCUT2D eigenvalue weighted by Gasteiger charge is -2.32. The van der Waals surface area contributed by atoms with Gasteiger partial charge in [0.25, 0.3) is 5.95 Å². The van der Waals surface area contributed by atoms with Crippen LogP contribution in [0.3, 0.4) is 0 Å². The van der Waals surface area contributed by atoms with Crippen LogP contribution in [0.2, 0.25) is 0 Å². The highest BCUT2D eigenvalue weighted by atomic mass is 19.4. The largest absolute Gasteiger partial charge is 0.586 e. The highest BCUT2D eigenvalue weighted by molar-refractivity contribution is 5.70. The average molecular weight is 628 g/mol. The van der Waals surface area contributed by atoms with E-state index in [1.165, 1.54) is 25.1 Å². The van der Waals surface area contributed by atoms with Gasteiger partial charge in [0.1, 0.15) is 12.2 Å².